The Bertz CT molecular complexity index is 442. The van der Waals surface area contributed by atoms with Crippen LogP contribution in [0.4, 0.5) is 0 Å². The van der Waals surface area contributed by atoms with Gasteiger partial charge in [0, 0.05) is 5.54 Å². The van der Waals surface area contributed by atoms with Gasteiger partial charge >= 0.3 is 0 Å². The molecule has 2 aliphatic rings. The van der Waals surface area contributed by atoms with Crippen molar-refractivity contribution < 1.29 is 14.4 Å². The zero-order chi connectivity index (χ0) is 14.9. The number of hydrogen-bond acceptors (Lipinski definition) is 3. The summed E-state index contributed by atoms with van der Waals surface area (Å²) >= 11 is 0. The molecule has 2 rings (SSSR count). The van der Waals surface area contributed by atoms with Crippen LogP contribution in [0.15, 0.2) is 12.2 Å². The molecule has 1 fully saturated rings. The first-order chi connectivity index (χ1) is 9.35. The third-order valence-electron chi connectivity index (χ3n) is 4.26. The lowest BCUT2D eigenvalue weighted by molar-refractivity contribution is -0.144. The molecule has 3 amide bonds. The summed E-state index contributed by atoms with van der Waals surface area (Å²) in [4.78, 5) is 37.5. The van der Waals surface area contributed by atoms with E-state index in [9.17, 15) is 14.4 Å². The number of hydrogen-bond donors (Lipinski definition) is 1. The second-order valence-electron chi connectivity index (χ2n) is 6.20. The minimum atomic E-state index is -0.322. The highest BCUT2D eigenvalue weighted by atomic mass is 16.2. The van der Waals surface area contributed by atoms with Gasteiger partial charge in [-0.3, -0.25) is 19.3 Å². The first-order valence-electron chi connectivity index (χ1n) is 7.17. The van der Waals surface area contributed by atoms with E-state index in [4.69, 9.17) is 0 Å². The highest BCUT2D eigenvalue weighted by Gasteiger charge is 2.47. The van der Waals surface area contributed by atoms with Gasteiger partial charge in [0.25, 0.3) is 0 Å². The van der Waals surface area contributed by atoms with E-state index in [1.165, 1.54) is 0 Å². The average molecular weight is 278 g/mol. The monoisotopic (exact) mass is 278 g/mol. The topological polar surface area (TPSA) is 66.5 Å². The molecule has 0 radical (unpaired) electrons. The van der Waals surface area contributed by atoms with Gasteiger partial charge in [-0.15, -0.1) is 0 Å². The van der Waals surface area contributed by atoms with Crippen LogP contribution in [0.2, 0.25) is 0 Å². The Kier molecular flexibility index (Phi) is 3.97. The predicted octanol–water partition coefficient (Wildman–Crippen LogP) is 1.24. The lowest BCUT2D eigenvalue weighted by Crippen LogP contribution is -2.48. The van der Waals surface area contributed by atoms with E-state index in [-0.39, 0.29) is 41.6 Å². The Morgan fingerprint density at radius 1 is 1.25 bits per heavy atom. The van der Waals surface area contributed by atoms with E-state index >= 15 is 0 Å². The van der Waals surface area contributed by atoms with Crippen LogP contribution in [0, 0.1) is 11.8 Å². The van der Waals surface area contributed by atoms with Crippen LogP contribution < -0.4 is 5.32 Å². The molecule has 2 unspecified atom stereocenters. The van der Waals surface area contributed by atoms with Crippen molar-refractivity contribution in [1.29, 1.82) is 0 Å². The van der Waals surface area contributed by atoms with Gasteiger partial charge in [0.05, 0.1) is 11.8 Å². The number of nitrogens with one attached hydrogen (secondary N) is 1. The molecule has 0 saturated carbocycles. The van der Waals surface area contributed by atoms with Crippen LogP contribution in [-0.2, 0) is 14.4 Å². The third kappa shape index (κ3) is 2.76. The van der Waals surface area contributed by atoms with Crippen molar-refractivity contribution >= 4 is 17.7 Å². The molecule has 0 aromatic rings. The maximum atomic E-state index is 12.2. The molecule has 0 bridgehead atoms. The molecule has 110 valence electrons. The van der Waals surface area contributed by atoms with Gasteiger partial charge in [0.1, 0.15) is 6.54 Å². The molecule has 20 heavy (non-hydrogen) atoms. The summed E-state index contributed by atoms with van der Waals surface area (Å²) in [7, 11) is 0. The molecule has 5 heteroatoms. The second-order valence-corrected chi connectivity index (χ2v) is 6.20. The maximum Gasteiger partial charge on any atom is 0.240 e. The number of carbonyl (C=O) groups is 3. The number of allylic oxidation sites excluding steroid dienone is 2. The van der Waals surface area contributed by atoms with E-state index in [1.54, 1.807) is 0 Å². The molecule has 0 aromatic heterocycles. The average Bonchev–Trinajstić information content (AvgIpc) is 2.64. The molecule has 1 aliphatic carbocycles. The molecular formula is C15H22N2O3. The molecular weight excluding hydrogens is 256 g/mol. The van der Waals surface area contributed by atoms with Crippen molar-refractivity contribution in [2.45, 2.75) is 45.6 Å². The zero-order valence-electron chi connectivity index (χ0n) is 12.3. The maximum absolute atomic E-state index is 12.2. The van der Waals surface area contributed by atoms with Crippen molar-refractivity contribution in [1.82, 2.24) is 10.2 Å². The number of fused-ring (bicyclic) bond motifs is 1. The van der Waals surface area contributed by atoms with Crippen LogP contribution in [0.5, 0.6) is 0 Å². The summed E-state index contributed by atoms with van der Waals surface area (Å²) in [5.74, 6) is -1.20. The Balaban J connectivity index is 2.02. The Morgan fingerprint density at radius 3 is 2.20 bits per heavy atom. The van der Waals surface area contributed by atoms with Gasteiger partial charge in [0.15, 0.2) is 0 Å². The molecule has 0 spiro atoms. The van der Waals surface area contributed by atoms with Gasteiger partial charge < -0.3 is 5.32 Å². The van der Waals surface area contributed by atoms with Crippen molar-refractivity contribution in [3.8, 4) is 0 Å². The standard InChI is InChI=1S/C15H22N2O3/c1-4-15(2,3)16-12(18)9-17-13(19)10-7-5-6-8-11(10)14(17)20/h5-6,10-11H,4,7-9H2,1-3H3,(H,16,18). The van der Waals surface area contributed by atoms with Gasteiger partial charge in [-0.1, -0.05) is 19.1 Å². The summed E-state index contributed by atoms with van der Waals surface area (Å²) in [6.07, 6.45) is 5.88. The number of imide groups is 1. The largest absolute Gasteiger partial charge is 0.350 e. The van der Waals surface area contributed by atoms with E-state index in [1.807, 2.05) is 32.9 Å². The first-order valence-corrected chi connectivity index (χ1v) is 7.17. The normalized spacial score (nSPS) is 25.9. The van der Waals surface area contributed by atoms with Crippen molar-refractivity contribution in [2.75, 3.05) is 6.54 Å². The van der Waals surface area contributed by atoms with E-state index in [2.05, 4.69) is 5.32 Å². The summed E-state index contributed by atoms with van der Waals surface area (Å²) in [6.45, 7) is 5.66. The van der Waals surface area contributed by atoms with Crippen molar-refractivity contribution in [3.05, 3.63) is 12.2 Å². The highest BCUT2D eigenvalue weighted by Crippen LogP contribution is 2.34. The van der Waals surface area contributed by atoms with Crippen LogP contribution in [-0.4, -0.2) is 34.7 Å². The van der Waals surface area contributed by atoms with E-state index < -0.39 is 0 Å². The van der Waals surface area contributed by atoms with Gasteiger partial charge in [-0.05, 0) is 33.1 Å². The van der Waals surface area contributed by atoms with Crippen LogP contribution in [0.25, 0.3) is 0 Å². The van der Waals surface area contributed by atoms with Crippen LogP contribution in [0.1, 0.15) is 40.0 Å². The molecule has 1 N–H and O–H groups in total. The fourth-order valence-electron chi connectivity index (χ4n) is 2.67. The molecule has 1 saturated heterocycles. The number of rotatable bonds is 4. The SMILES string of the molecule is CCC(C)(C)NC(=O)CN1C(=O)C2CC=CCC2C1=O. The van der Waals surface area contributed by atoms with Gasteiger partial charge in [-0.2, -0.15) is 0 Å². The number of amides is 3. The van der Waals surface area contributed by atoms with Gasteiger partial charge in [-0.25, -0.2) is 0 Å². The quantitative estimate of drug-likeness (QED) is 0.621. The molecule has 5 nitrogen and oxygen atoms in total. The first kappa shape index (κ1) is 14.8. The fourth-order valence-corrected chi connectivity index (χ4v) is 2.67. The number of likely N-dealkylation sites (tertiary alicyclic amines) is 1. The van der Waals surface area contributed by atoms with E-state index in [0.29, 0.717) is 12.8 Å². The highest BCUT2D eigenvalue weighted by molar-refractivity contribution is 6.07. The summed E-state index contributed by atoms with van der Waals surface area (Å²) < 4.78 is 0. The summed E-state index contributed by atoms with van der Waals surface area (Å²) in [5, 5.41) is 2.85. The minimum absolute atomic E-state index is 0.159. The molecule has 1 heterocycles. The smallest absolute Gasteiger partial charge is 0.240 e. The minimum Gasteiger partial charge on any atom is -0.350 e. The molecule has 1 aliphatic heterocycles. The number of nitrogens with zero attached hydrogens (tertiary/aromatic N) is 1. The van der Waals surface area contributed by atoms with Crippen molar-refractivity contribution in [3.63, 3.8) is 0 Å². The summed E-state index contributed by atoms with van der Waals surface area (Å²) in [5.41, 5.74) is -0.322. The van der Waals surface area contributed by atoms with Gasteiger partial charge in [0.2, 0.25) is 17.7 Å². The van der Waals surface area contributed by atoms with Crippen molar-refractivity contribution in [2.24, 2.45) is 11.8 Å². The lowest BCUT2D eigenvalue weighted by Gasteiger charge is -2.25. The second kappa shape index (κ2) is 5.38. The summed E-state index contributed by atoms with van der Waals surface area (Å²) in [6, 6.07) is 0. The zero-order valence-corrected chi connectivity index (χ0v) is 12.3. The number of carbonyl (C=O) groups excluding carboxylic acids is 3. The predicted molar refractivity (Wildman–Crippen MR) is 74.6 cm³/mol. The van der Waals surface area contributed by atoms with Crippen LogP contribution >= 0.6 is 0 Å². The fraction of sp³-hybridized carbons (Fsp3) is 0.667. The Hall–Kier alpha value is -1.65. The Labute approximate surface area is 119 Å². The Morgan fingerprint density at radius 2 is 1.75 bits per heavy atom. The van der Waals surface area contributed by atoms with E-state index in [0.717, 1.165) is 11.3 Å². The lowest BCUT2D eigenvalue weighted by atomic mass is 9.85. The third-order valence-corrected chi connectivity index (χ3v) is 4.26. The van der Waals surface area contributed by atoms with Crippen LogP contribution in [0.3, 0.4) is 0 Å². The molecule has 2 atom stereocenters. The molecule has 0 aromatic carbocycles.